The third-order valence-corrected chi connectivity index (χ3v) is 5.86. The highest BCUT2D eigenvalue weighted by atomic mass is 32.2. The van der Waals surface area contributed by atoms with Crippen molar-refractivity contribution < 1.29 is 14.3 Å². The summed E-state index contributed by atoms with van der Waals surface area (Å²) in [5.74, 6) is 0.464. The number of aryl methyl sites for hydroxylation is 1. The second kappa shape index (κ2) is 10.4. The highest BCUT2D eigenvalue weighted by Gasteiger charge is 2.25. The maximum absolute atomic E-state index is 12.4. The lowest BCUT2D eigenvalue weighted by Crippen LogP contribution is -2.20. The Bertz CT molecular complexity index is 846. The molecule has 0 saturated heterocycles. The van der Waals surface area contributed by atoms with Gasteiger partial charge in [0, 0.05) is 11.7 Å². The zero-order chi connectivity index (χ0) is 20.6. The molecule has 156 valence electrons. The van der Waals surface area contributed by atoms with Gasteiger partial charge in [-0.25, -0.2) is 0 Å². The first-order valence-electron chi connectivity index (χ1n) is 10.2. The summed E-state index contributed by atoms with van der Waals surface area (Å²) in [6.07, 6.45) is 5.72. The summed E-state index contributed by atoms with van der Waals surface area (Å²) >= 11 is 1.36. The SMILES string of the molecule is CCOC(=O)Cc1nnc(SCC(=O)Nc2cccc(C)c2)n1C1CCCCC1. The quantitative estimate of drug-likeness (QED) is 0.518. The van der Waals surface area contributed by atoms with Crippen molar-refractivity contribution in [1.82, 2.24) is 14.8 Å². The third-order valence-electron chi connectivity index (χ3n) is 4.92. The van der Waals surface area contributed by atoms with E-state index in [0.29, 0.717) is 17.6 Å². The molecule has 0 bridgehead atoms. The Balaban J connectivity index is 1.69. The predicted molar refractivity (Wildman–Crippen MR) is 113 cm³/mol. The van der Waals surface area contributed by atoms with Gasteiger partial charge in [-0.3, -0.25) is 9.59 Å². The van der Waals surface area contributed by atoms with Crippen LogP contribution in [0, 0.1) is 6.92 Å². The van der Waals surface area contributed by atoms with Crippen molar-refractivity contribution in [1.29, 1.82) is 0 Å². The first-order valence-corrected chi connectivity index (χ1v) is 11.1. The van der Waals surface area contributed by atoms with Crippen LogP contribution in [-0.2, 0) is 20.7 Å². The van der Waals surface area contributed by atoms with Gasteiger partial charge >= 0.3 is 5.97 Å². The van der Waals surface area contributed by atoms with Crippen molar-refractivity contribution in [2.75, 3.05) is 17.7 Å². The first kappa shape index (κ1) is 21.4. The Morgan fingerprint density at radius 1 is 1.24 bits per heavy atom. The summed E-state index contributed by atoms with van der Waals surface area (Å²) in [6.45, 7) is 4.12. The highest BCUT2D eigenvalue weighted by molar-refractivity contribution is 7.99. The van der Waals surface area contributed by atoms with Crippen molar-refractivity contribution in [3.63, 3.8) is 0 Å². The molecule has 0 atom stereocenters. The average molecular weight is 417 g/mol. The molecule has 1 amide bonds. The lowest BCUT2D eigenvalue weighted by Gasteiger charge is -2.25. The molecular weight excluding hydrogens is 388 g/mol. The Kier molecular flexibility index (Phi) is 7.69. The minimum absolute atomic E-state index is 0.0919. The second-order valence-electron chi connectivity index (χ2n) is 7.25. The number of nitrogens with one attached hydrogen (secondary N) is 1. The maximum atomic E-state index is 12.4. The number of aromatic nitrogens is 3. The van der Waals surface area contributed by atoms with E-state index < -0.39 is 0 Å². The lowest BCUT2D eigenvalue weighted by molar-refractivity contribution is -0.142. The van der Waals surface area contributed by atoms with E-state index in [4.69, 9.17) is 4.74 Å². The average Bonchev–Trinajstić information content (AvgIpc) is 3.09. The molecule has 1 aromatic heterocycles. The molecule has 7 nitrogen and oxygen atoms in total. The molecule has 3 rings (SSSR count). The standard InChI is InChI=1S/C21H28N4O3S/c1-3-28-20(27)13-18-23-24-21(25(18)17-10-5-4-6-11-17)29-14-19(26)22-16-9-7-8-15(2)12-16/h7-9,12,17H,3-6,10-11,13-14H2,1-2H3,(H,22,26). The van der Waals surface area contributed by atoms with Gasteiger partial charge in [0.25, 0.3) is 0 Å². The van der Waals surface area contributed by atoms with Crippen LogP contribution in [0.15, 0.2) is 29.4 Å². The van der Waals surface area contributed by atoms with E-state index in [1.54, 1.807) is 6.92 Å². The van der Waals surface area contributed by atoms with Crippen molar-refractivity contribution >= 4 is 29.3 Å². The maximum Gasteiger partial charge on any atom is 0.313 e. The molecule has 2 aromatic rings. The predicted octanol–water partition coefficient (Wildman–Crippen LogP) is 3.93. The number of amides is 1. The first-order chi connectivity index (χ1) is 14.1. The van der Waals surface area contributed by atoms with Crippen LogP contribution < -0.4 is 5.32 Å². The number of anilines is 1. The van der Waals surface area contributed by atoms with Crippen LogP contribution in [0.1, 0.15) is 56.5 Å². The van der Waals surface area contributed by atoms with E-state index in [1.807, 2.05) is 31.2 Å². The van der Waals surface area contributed by atoms with Gasteiger partial charge in [0.15, 0.2) is 5.16 Å². The van der Waals surface area contributed by atoms with Crippen LogP contribution in [0.2, 0.25) is 0 Å². The Hall–Kier alpha value is -2.35. The van der Waals surface area contributed by atoms with Gasteiger partial charge in [0.2, 0.25) is 5.91 Å². The van der Waals surface area contributed by atoms with Crippen LogP contribution in [-0.4, -0.2) is 39.0 Å². The lowest BCUT2D eigenvalue weighted by atomic mass is 9.95. The number of hydrogen-bond acceptors (Lipinski definition) is 6. The number of esters is 1. The molecule has 1 fully saturated rings. The Morgan fingerprint density at radius 3 is 2.76 bits per heavy atom. The van der Waals surface area contributed by atoms with Crippen LogP contribution in [0.5, 0.6) is 0 Å². The number of carbonyl (C=O) groups excluding carboxylic acids is 2. The van der Waals surface area contributed by atoms with Gasteiger partial charge in [-0.1, -0.05) is 43.2 Å². The molecular formula is C21H28N4O3S. The number of hydrogen-bond donors (Lipinski definition) is 1. The largest absolute Gasteiger partial charge is 0.466 e. The Morgan fingerprint density at radius 2 is 2.03 bits per heavy atom. The smallest absolute Gasteiger partial charge is 0.313 e. The van der Waals surface area contributed by atoms with Crippen molar-refractivity contribution in [3.05, 3.63) is 35.7 Å². The van der Waals surface area contributed by atoms with Crippen LogP contribution in [0.3, 0.4) is 0 Å². The van der Waals surface area contributed by atoms with Crippen molar-refractivity contribution in [2.45, 2.75) is 63.6 Å². The molecule has 1 N–H and O–H groups in total. The minimum Gasteiger partial charge on any atom is -0.466 e. The van der Waals surface area contributed by atoms with E-state index >= 15 is 0 Å². The molecule has 1 heterocycles. The fraction of sp³-hybridized carbons (Fsp3) is 0.524. The van der Waals surface area contributed by atoms with E-state index in [9.17, 15) is 9.59 Å². The van der Waals surface area contributed by atoms with E-state index in [1.165, 1.54) is 18.2 Å². The molecule has 1 aromatic carbocycles. The molecule has 0 unspecified atom stereocenters. The monoisotopic (exact) mass is 416 g/mol. The zero-order valence-corrected chi connectivity index (χ0v) is 17.8. The summed E-state index contributed by atoms with van der Waals surface area (Å²) in [7, 11) is 0. The van der Waals surface area contributed by atoms with Crippen molar-refractivity contribution in [3.8, 4) is 0 Å². The van der Waals surface area contributed by atoms with E-state index in [-0.39, 0.29) is 30.1 Å². The zero-order valence-electron chi connectivity index (χ0n) is 17.0. The number of ether oxygens (including phenoxy) is 1. The molecule has 1 aliphatic carbocycles. The molecule has 0 radical (unpaired) electrons. The summed E-state index contributed by atoms with van der Waals surface area (Å²) in [5.41, 5.74) is 1.88. The Labute approximate surface area is 175 Å². The van der Waals surface area contributed by atoms with E-state index in [2.05, 4.69) is 20.1 Å². The molecule has 1 aliphatic rings. The molecule has 8 heteroatoms. The number of nitrogens with zero attached hydrogens (tertiary/aromatic N) is 3. The number of rotatable bonds is 8. The van der Waals surface area contributed by atoms with Gasteiger partial charge in [-0.2, -0.15) is 0 Å². The van der Waals surface area contributed by atoms with E-state index in [0.717, 1.165) is 36.9 Å². The number of benzene rings is 1. The summed E-state index contributed by atoms with van der Waals surface area (Å²) in [4.78, 5) is 24.4. The van der Waals surface area contributed by atoms with Gasteiger partial charge in [0.1, 0.15) is 12.2 Å². The fourth-order valence-corrected chi connectivity index (χ4v) is 4.45. The highest BCUT2D eigenvalue weighted by Crippen LogP contribution is 2.32. The normalized spacial score (nSPS) is 14.6. The summed E-state index contributed by atoms with van der Waals surface area (Å²) < 4.78 is 7.14. The summed E-state index contributed by atoms with van der Waals surface area (Å²) in [5, 5.41) is 12.1. The minimum atomic E-state index is -0.300. The molecule has 1 saturated carbocycles. The van der Waals surface area contributed by atoms with Gasteiger partial charge in [0.05, 0.1) is 12.4 Å². The topological polar surface area (TPSA) is 86.1 Å². The second-order valence-corrected chi connectivity index (χ2v) is 8.19. The third kappa shape index (κ3) is 6.06. The number of thioether (sulfide) groups is 1. The summed E-state index contributed by atoms with van der Waals surface area (Å²) in [6, 6.07) is 7.98. The van der Waals surface area contributed by atoms with Crippen LogP contribution in [0.4, 0.5) is 5.69 Å². The molecule has 0 spiro atoms. The van der Waals surface area contributed by atoms with Gasteiger partial charge < -0.3 is 14.6 Å². The molecule has 0 aliphatic heterocycles. The fourth-order valence-electron chi connectivity index (χ4n) is 3.62. The van der Waals surface area contributed by atoms with Crippen LogP contribution >= 0.6 is 11.8 Å². The van der Waals surface area contributed by atoms with Gasteiger partial charge in [-0.05, 0) is 44.4 Å². The van der Waals surface area contributed by atoms with Gasteiger partial charge in [-0.15, -0.1) is 10.2 Å². The van der Waals surface area contributed by atoms with Crippen molar-refractivity contribution in [2.24, 2.45) is 0 Å². The van der Waals surface area contributed by atoms with Crippen LogP contribution in [0.25, 0.3) is 0 Å². The molecule has 29 heavy (non-hydrogen) atoms. The number of carbonyl (C=O) groups is 2.